The fourth-order valence-corrected chi connectivity index (χ4v) is 4.28. The van der Waals surface area contributed by atoms with Crippen LogP contribution in [0.1, 0.15) is 6.92 Å². The maximum atomic E-state index is 12.6. The van der Waals surface area contributed by atoms with Gasteiger partial charge in [0.2, 0.25) is 10.0 Å². The van der Waals surface area contributed by atoms with Crippen LogP contribution in [0, 0.1) is 0 Å². The number of nitrogens with one attached hydrogen (secondary N) is 1. The second kappa shape index (κ2) is 7.09. The number of benzene rings is 1. The molecule has 1 unspecified atom stereocenters. The van der Waals surface area contributed by atoms with E-state index in [2.05, 4.69) is 21.2 Å². The third-order valence-corrected chi connectivity index (χ3v) is 5.35. The SMILES string of the molecule is COc1cc(Br)cc(S(=O)(=O)N2CCNC(C)C2)c1.Cl. The van der Waals surface area contributed by atoms with Gasteiger partial charge in [-0.2, -0.15) is 4.31 Å². The van der Waals surface area contributed by atoms with Gasteiger partial charge in [0.1, 0.15) is 5.75 Å². The standard InChI is InChI=1S/C12H17BrN2O3S.ClH/c1-9-8-15(4-3-14-9)19(16,17)12-6-10(13)5-11(7-12)18-2;/h5-7,9,14H,3-4,8H2,1-2H3;1H. The Labute approximate surface area is 134 Å². The van der Waals surface area contributed by atoms with E-state index in [1.807, 2.05) is 6.92 Å². The second-order valence-corrected chi connectivity index (χ2v) is 7.40. The zero-order valence-electron chi connectivity index (χ0n) is 11.3. The average Bonchev–Trinajstić information content (AvgIpc) is 2.38. The van der Waals surface area contributed by atoms with Crippen LogP contribution in [0.15, 0.2) is 27.6 Å². The fourth-order valence-electron chi connectivity index (χ4n) is 2.07. The Morgan fingerprint density at radius 2 is 2.10 bits per heavy atom. The van der Waals surface area contributed by atoms with Crippen molar-refractivity contribution in [1.82, 2.24) is 9.62 Å². The van der Waals surface area contributed by atoms with Gasteiger partial charge in [-0.05, 0) is 19.1 Å². The highest BCUT2D eigenvalue weighted by Gasteiger charge is 2.28. The molecule has 1 atom stereocenters. The molecule has 1 aliphatic heterocycles. The van der Waals surface area contributed by atoms with Gasteiger partial charge < -0.3 is 10.1 Å². The summed E-state index contributed by atoms with van der Waals surface area (Å²) in [6.45, 7) is 3.62. The lowest BCUT2D eigenvalue weighted by Gasteiger charge is -2.31. The van der Waals surface area contributed by atoms with Crippen LogP contribution < -0.4 is 10.1 Å². The summed E-state index contributed by atoms with van der Waals surface area (Å²) in [7, 11) is -1.95. The highest BCUT2D eigenvalue weighted by atomic mass is 79.9. The van der Waals surface area contributed by atoms with E-state index >= 15 is 0 Å². The molecule has 0 saturated carbocycles. The molecule has 0 spiro atoms. The van der Waals surface area contributed by atoms with Gasteiger partial charge in [-0.25, -0.2) is 8.42 Å². The number of sulfonamides is 1. The van der Waals surface area contributed by atoms with Crippen LogP contribution >= 0.6 is 28.3 Å². The van der Waals surface area contributed by atoms with Crippen molar-refractivity contribution in [3.63, 3.8) is 0 Å². The minimum Gasteiger partial charge on any atom is -0.497 e. The Kier molecular flexibility index (Phi) is 6.27. The molecule has 0 bridgehead atoms. The maximum absolute atomic E-state index is 12.6. The molecule has 1 aromatic carbocycles. The molecule has 1 heterocycles. The van der Waals surface area contributed by atoms with Crippen LogP contribution in [0.4, 0.5) is 0 Å². The smallest absolute Gasteiger partial charge is 0.243 e. The van der Waals surface area contributed by atoms with E-state index in [1.54, 1.807) is 18.2 Å². The van der Waals surface area contributed by atoms with E-state index in [-0.39, 0.29) is 23.3 Å². The number of ether oxygens (including phenoxy) is 1. The largest absolute Gasteiger partial charge is 0.497 e. The van der Waals surface area contributed by atoms with Crippen LogP contribution in [0.5, 0.6) is 5.75 Å². The van der Waals surface area contributed by atoms with Crippen LogP contribution in [0.25, 0.3) is 0 Å². The Bertz CT molecular complexity index is 568. The van der Waals surface area contributed by atoms with E-state index in [1.165, 1.54) is 11.4 Å². The van der Waals surface area contributed by atoms with Gasteiger partial charge in [0.15, 0.2) is 0 Å². The predicted octanol–water partition coefficient (Wildman–Crippen LogP) is 1.86. The van der Waals surface area contributed by atoms with Crippen molar-refractivity contribution >= 4 is 38.4 Å². The molecular formula is C12H18BrClN2O3S. The molecule has 2 rings (SSSR count). The third kappa shape index (κ3) is 3.85. The summed E-state index contributed by atoms with van der Waals surface area (Å²) in [6, 6.07) is 5.05. The molecule has 114 valence electrons. The fraction of sp³-hybridized carbons (Fsp3) is 0.500. The van der Waals surface area contributed by atoms with E-state index in [9.17, 15) is 8.42 Å². The highest BCUT2D eigenvalue weighted by Crippen LogP contribution is 2.26. The van der Waals surface area contributed by atoms with Crippen molar-refractivity contribution < 1.29 is 13.2 Å². The number of methoxy groups -OCH3 is 1. The maximum Gasteiger partial charge on any atom is 0.243 e. The van der Waals surface area contributed by atoms with Gasteiger partial charge in [-0.1, -0.05) is 15.9 Å². The average molecular weight is 386 g/mol. The number of hydrogen-bond donors (Lipinski definition) is 1. The lowest BCUT2D eigenvalue weighted by molar-refractivity contribution is 0.310. The zero-order chi connectivity index (χ0) is 14.0. The Hall–Kier alpha value is -0.340. The summed E-state index contributed by atoms with van der Waals surface area (Å²) in [5.74, 6) is 0.524. The van der Waals surface area contributed by atoms with Crippen molar-refractivity contribution in [3.05, 3.63) is 22.7 Å². The molecule has 1 N–H and O–H groups in total. The first-order valence-corrected chi connectivity index (χ1v) is 8.25. The van der Waals surface area contributed by atoms with Crippen molar-refractivity contribution in [2.45, 2.75) is 17.9 Å². The number of halogens is 2. The molecule has 5 nitrogen and oxygen atoms in total. The molecule has 1 fully saturated rings. The van der Waals surface area contributed by atoms with Crippen LogP contribution in [0.2, 0.25) is 0 Å². The number of rotatable bonds is 3. The number of hydrogen-bond acceptors (Lipinski definition) is 4. The van der Waals surface area contributed by atoms with E-state index in [4.69, 9.17) is 4.74 Å². The van der Waals surface area contributed by atoms with Gasteiger partial charge in [-0.15, -0.1) is 12.4 Å². The summed E-state index contributed by atoms with van der Waals surface area (Å²) in [4.78, 5) is 0.257. The highest BCUT2D eigenvalue weighted by molar-refractivity contribution is 9.10. The summed E-state index contributed by atoms with van der Waals surface area (Å²) in [6.07, 6.45) is 0. The first-order valence-electron chi connectivity index (χ1n) is 6.01. The normalized spacial score (nSPS) is 20.2. The van der Waals surface area contributed by atoms with Gasteiger partial charge in [0.05, 0.1) is 12.0 Å². The van der Waals surface area contributed by atoms with Crippen LogP contribution in [-0.4, -0.2) is 45.5 Å². The molecule has 20 heavy (non-hydrogen) atoms. The number of piperazine rings is 1. The van der Waals surface area contributed by atoms with E-state index in [0.29, 0.717) is 29.9 Å². The minimum atomic E-state index is -3.47. The first kappa shape index (κ1) is 17.7. The zero-order valence-corrected chi connectivity index (χ0v) is 14.5. The third-order valence-electron chi connectivity index (χ3n) is 3.05. The quantitative estimate of drug-likeness (QED) is 0.863. The molecule has 0 aliphatic carbocycles. The first-order chi connectivity index (χ1) is 8.93. The molecule has 0 aromatic heterocycles. The molecule has 1 aromatic rings. The minimum absolute atomic E-state index is 0. The monoisotopic (exact) mass is 384 g/mol. The van der Waals surface area contributed by atoms with E-state index < -0.39 is 10.0 Å². The summed E-state index contributed by atoms with van der Waals surface area (Å²) < 4.78 is 32.5. The molecule has 0 amide bonds. The van der Waals surface area contributed by atoms with Crippen molar-refractivity contribution in [1.29, 1.82) is 0 Å². The molecule has 8 heteroatoms. The van der Waals surface area contributed by atoms with Gasteiger partial charge in [-0.3, -0.25) is 0 Å². The van der Waals surface area contributed by atoms with Gasteiger partial charge in [0.25, 0.3) is 0 Å². The Morgan fingerprint density at radius 1 is 1.40 bits per heavy atom. The lowest BCUT2D eigenvalue weighted by Crippen LogP contribution is -2.51. The van der Waals surface area contributed by atoms with Crippen LogP contribution in [-0.2, 0) is 10.0 Å². The second-order valence-electron chi connectivity index (χ2n) is 4.54. The van der Waals surface area contributed by atoms with Crippen molar-refractivity contribution in [3.8, 4) is 5.75 Å². The van der Waals surface area contributed by atoms with Crippen LogP contribution in [0.3, 0.4) is 0 Å². The summed E-state index contributed by atoms with van der Waals surface area (Å²) >= 11 is 3.31. The van der Waals surface area contributed by atoms with Gasteiger partial charge in [0, 0.05) is 36.2 Å². The molecular weight excluding hydrogens is 368 g/mol. The predicted molar refractivity (Wildman–Crippen MR) is 84.2 cm³/mol. The molecule has 0 radical (unpaired) electrons. The topological polar surface area (TPSA) is 58.6 Å². The van der Waals surface area contributed by atoms with Crippen molar-refractivity contribution in [2.75, 3.05) is 26.7 Å². The van der Waals surface area contributed by atoms with E-state index in [0.717, 1.165) is 0 Å². The Morgan fingerprint density at radius 3 is 2.70 bits per heavy atom. The van der Waals surface area contributed by atoms with Gasteiger partial charge >= 0.3 is 0 Å². The summed E-state index contributed by atoms with van der Waals surface area (Å²) in [5.41, 5.74) is 0. The lowest BCUT2D eigenvalue weighted by atomic mass is 10.3. The Balaban J connectivity index is 0.00000200. The number of nitrogens with zero attached hydrogens (tertiary/aromatic N) is 1. The molecule has 1 saturated heterocycles. The van der Waals surface area contributed by atoms with Crippen molar-refractivity contribution in [2.24, 2.45) is 0 Å². The summed E-state index contributed by atoms with van der Waals surface area (Å²) in [5, 5.41) is 3.23. The molecule has 1 aliphatic rings.